The summed E-state index contributed by atoms with van der Waals surface area (Å²) in [6.07, 6.45) is 0. The van der Waals surface area contributed by atoms with Gasteiger partial charge in [-0.25, -0.2) is 4.39 Å². The third kappa shape index (κ3) is 3.63. The Morgan fingerprint density at radius 1 is 1.00 bits per heavy atom. The number of H-pyrrole nitrogens is 1. The number of para-hydroxylation sites is 1. The lowest BCUT2D eigenvalue weighted by Gasteiger charge is -2.36. The van der Waals surface area contributed by atoms with E-state index in [1.165, 1.54) is 13.0 Å². The molecule has 1 amide bonds. The monoisotopic (exact) mass is 393 g/mol. The first kappa shape index (κ1) is 18.9. The summed E-state index contributed by atoms with van der Waals surface area (Å²) in [5.41, 5.74) is 1.11. The minimum Gasteiger partial charge on any atom is -0.366 e. The number of hydrogen-bond acceptors (Lipinski definition) is 4. The Morgan fingerprint density at radius 2 is 1.72 bits per heavy atom. The molecule has 0 bridgehead atoms. The number of Topliss-reactive ketones (excluding diaryl/α,β-unsaturated/α-hetero) is 1. The number of aromatic amines is 1. The maximum absolute atomic E-state index is 14.4. The van der Waals surface area contributed by atoms with Gasteiger partial charge in [0.25, 0.3) is 11.5 Å². The summed E-state index contributed by atoms with van der Waals surface area (Å²) >= 11 is 0. The molecule has 0 spiro atoms. The Labute approximate surface area is 166 Å². The molecule has 6 nitrogen and oxygen atoms in total. The van der Waals surface area contributed by atoms with Gasteiger partial charge in [-0.15, -0.1) is 0 Å². The molecule has 29 heavy (non-hydrogen) atoms. The number of carbonyl (C=O) groups excluding carboxylic acids is 2. The predicted octanol–water partition coefficient (Wildman–Crippen LogP) is 2.83. The number of halogens is 1. The third-order valence-corrected chi connectivity index (χ3v) is 5.25. The first-order valence-electron chi connectivity index (χ1n) is 9.41. The summed E-state index contributed by atoms with van der Waals surface area (Å²) in [6, 6.07) is 13.3. The second kappa shape index (κ2) is 7.50. The zero-order valence-corrected chi connectivity index (χ0v) is 15.9. The molecule has 0 radical (unpaired) electrons. The van der Waals surface area contributed by atoms with Crippen molar-refractivity contribution in [3.63, 3.8) is 0 Å². The topological polar surface area (TPSA) is 73.5 Å². The molecule has 0 atom stereocenters. The van der Waals surface area contributed by atoms with E-state index in [0.717, 1.165) is 5.39 Å². The van der Waals surface area contributed by atoms with Crippen LogP contribution in [0.2, 0.25) is 0 Å². The highest BCUT2D eigenvalue weighted by Crippen LogP contribution is 2.23. The van der Waals surface area contributed by atoms with Crippen molar-refractivity contribution < 1.29 is 14.0 Å². The van der Waals surface area contributed by atoms with E-state index in [2.05, 4.69) is 4.98 Å². The van der Waals surface area contributed by atoms with Crippen LogP contribution in [0.3, 0.4) is 0 Å². The van der Waals surface area contributed by atoms with Crippen molar-refractivity contribution in [2.24, 2.45) is 0 Å². The summed E-state index contributed by atoms with van der Waals surface area (Å²) in [5.74, 6) is -0.973. The molecule has 2 heterocycles. The number of benzene rings is 2. The molecule has 4 rings (SSSR count). The Bertz CT molecular complexity index is 1160. The first-order chi connectivity index (χ1) is 13.9. The number of nitrogens with one attached hydrogen (secondary N) is 1. The van der Waals surface area contributed by atoms with Gasteiger partial charge in [-0.05, 0) is 42.6 Å². The van der Waals surface area contributed by atoms with Crippen LogP contribution in [0.4, 0.5) is 10.1 Å². The Balaban J connectivity index is 1.50. The standard InChI is InChI=1S/C22H20FN3O3/c1-14(27)15-6-7-20(18(23)13-15)25-8-10-26(11-9-25)22(29)17-12-16-4-2-3-5-19(16)24-21(17)28/h2-7,12-13H,8-11H2,1H3,(H,24,28). The van der Waals surface area contributed by atoms with Gasteiger partial charge in [0.1, 0.15) is 11.4 Å². The van der Waals surface area contributed by atoms with Crippen LogP contribution in [0.1, 0.15) is 27.6 Å². The number of pyridine rings is 1. The largest absolute Gasteiger partial charge is 0.366 e. The second-order valence-corrected chi connectivity index (χ2v) is 7.10. The zero-order chi connectivity index (χ0) is 20.5. The van der Waals surface area contributed by atoms with E-state index in [1.807, 2.05) is 23.1 Å². The smallest absolute Gasteiger partial charge is 0.261 e. The lowest BCUT2D eigenvalue weighted by Crippen LogP contribution is -2.49. The Morgan fingerprint density at radius 3 is 2.41 bits per heavy atom. The van der Waals surface area contributed by atoms with Crippen LogP contribution >= 0.6 is 0 Å². The van der Waals surface area contributed by atoms with Crippen LogP contribution in [0.25, 0.3) is 10.9 Å². The van der Waals surface area contributed by atoms with E-state index < -0.39 is 11.4 Å². The van der Waals surface area contributed by atoms with Gasteiger partial charge in [0.05, 0.1) is 5.69 Å². The number of aromatic nitrogens is 1. The molecular formula is C22H20FN3O3. The predicted molar refractivity (Wildman–Crippen MR) is 109 cm³/mol. The Kier molecular flexibility index (Phi) is 4.88. The fraction of sp³-hybridized carbons (Fsp3) is 0.227. The fourth-order valence-corrected chi connectivity index (χ4v) is 3.61. The average molecular weight is 393 g/mol. The van der Waals surface area contributed by atoms with Gasteiger partial charge < -0.3 is 14.8 Å². The van der Waals surface area contributed by atoms with E-state index in [9.17, 15) is 18.8 Å². The van der Waals surface area contributed by atoms with Crippen molar-refractivity contribution in [1.82, 2.24) is 9.88 Å². The average Bonchev–Trinajstić information content (AvgIpc) is 2.73. The van der Waals surface area contributed by atoms with Crippen LogP contribution < -0.4 is 10.5 Å². The molecular weight excluding hydrogens is 373 g/mol. The van der Waals surface area contributed by atoms with Gasteiger partial charge in [0.15, 0.2) is 5.78 Å². The minimum atomic E-state index is -0.455. The minimum absolute atomic E-state index is 0.106. The van der Waals surface area contributed by atoms with Gasteiger partial charge >= 0.3 is 0 Å². The SMILES string of the molecule is CC(=O)c1ccc(N2CCN(C(=O)c3cc4ccccc4[nH]c3=O)CC2)c(F)c1. The molecule has 7 heteroatoms. The molecule has 2 aromatic carbocycles. The molecule has 1 N–H and O–H groups in total. The molecule has 0 unspecified atom stereocenters. The van der Waals surface area contributed by atoms with E-state index >= 15 is 0 Å². The molecule has 3 aromatic rings. The highest BCUT2D eigenvalue weighted by atomic mass is 19.1. The van der Waals surface area contributed by atoms with E-state index in [1.54, 1.807) is 29.2 Å². The van der Waals surface area contributed by atoms with Gasteiger partial charge in [-0.3, -0.25) is 14.4 Å². The molecule has 0 aliphatic carbocycles. The molecule has 1 fully saturated rings. The number of ketones is 1. The lowest BCUT2D eigenvalue weighted by atomic mass is 10.1. The van der Waals surface area contributed by atoms with E-state index in [0.29, 0.717) is 42.9 Å². The summed E-state index contributed by atoms with van der Waals surface area (Å²) in [4.78, 5) is 42.8. The number of rotatable bonds is 3. The van der Waals surface area contributed by atoms with Crippen molar-refractivity contribution in [3.8, 4) is 0 Å². The normalized spacial score (nSPS) is 14.3. The van der Waals surface area contributed by atoms with Crippen molar-refractivity contribution in [3.05, 3.63) is 75.8 Å². The van der Waals surface area contributed by atoms with Gasteiger partial charge in [0, 0.05) is 37.3 Å². The number of anilines is 1. The molecule has 148 valence electrons. The summed E-state index contributed by atoms with van der Waals surface area (Å²) in [5, 5.41) is 0.793. The van der Waals surface area contributed by atoms with E-state index in [4.69, 9.17) is 0 Å². The Hall–Kier alpha value is -3.48. The maximum atomic E-state index is 14.4. The number of hydrogen-bond donors (Lipinski definition) is 1. The number of amides is 1. The van der Waals surface area contributed by atoms with Crippen molar-refractivity contribution >= 4 is 28.3 Å². The second-order valence-electron chi connectivity index (χ2n) is 7.10. The summed E-state index contributed by atoms with van der Waals surface area (Å²) in [6.45, 7) is 3.02. The summed E-state index contributed by atoms with van der Waals surface area (Å²) in [7, 11) is 0. The van der Waals surface area contributed by atoms with Crippen LogP contribution in [-0.4, -0.2) is 47.8 Å². The lowest BCUT2D eigenvalue weighted by molar-refractivity contribution is 0.0744. The number of piperazine rings is 1. The molecule has 1 aromatic heterocycles. The van der Waals surface area contributed by atoms with Crippen LogP contribution in [-0.2, 0) is 0 Å². The van der Waals surface area contributed by atoms with Crippen LogP contribution in [0.5, 0.6) is 0 Å². The van der Waals surface area contributed by atoms with Crippen LogP contribution in [0.15, 0.2) is 53.3 Å². The number of fused-ring (bicyclic) bond motifs is 1. The molecule has 1 saturated heterocycles. The number of carbonyl (C=O) groups is 2. The van der Waals surface area contributed by atoms with Crippen molar-refractivity contribution in [2.45, 2.75) is 6.92 Å². The maximum Gasteiger partial charge on any atom is 0.261 e. The van der Waals surface area contributed by atoms with Gasteiger partial charge in [-0.1, -0.05) is 18.2 Å². The molecule has 0 saturated carbocycles. The van der Waals surface area contributed by atoms with Crippen LogP contribution in [0, 0.1) is 5.82 Å². The zero-order valence-electron chi connectivity index (χ0n) is 15.9. The number of nitrogens with zero attached hydrogens (tertiary/aromatic N) is 2. The highest BCUT2D eigenvalue weighted by Gasteiger charge is 2.25. The van der Waals surface area contributed by atoms with Crippen molar-refractivity contribution in [2.75, 3.05) is 31.1 Å². The van der Waals surface area contributed by atoms with Gasteiger partial charge in [0.2, 0.25) is 0 Å². The van der Waals surface area contributed by atoms with Gasteiger partial charge in [-0.2, -0.15) is 0 Å². The fourth-order valence-electron chi connectivity index (χ4n) is 3.61. The molecule has 1 aliphatic rings. The quantitative estimate of drug-likeness (QED) is 0.695. The molecule has 1 aliphatic heterocycles. The summed E-state index contributed by atoms with van der Waals surface area (Å²) < 4.78 is 14.4. The first-order valence-corrected chi connectivity index (χ1v) is 9.41. The third-order valence-electron chi connectivity index (χ3n) is 5.25. The van der Waals surface area contributed by atoms with E-state index in [-0.39, 0.29) is 17.3 Å². The highest BCUT2D eigenvalue weighted by molar-refractivity contribution is 5.97. The van der Waals surface area contributed by atoms with Crippen molar-refractivity contribution in [1.29, 1.82) is 0 Å².